The summed E-state index contributed by atoms with van der Waals surface area (Å²) in [5, 5.41) is 8.94. The van der Waals surface area contributed by atoms with Gasteiger partial charge >= 0.3 is 5.97 Å². The molecule has 21 heavy (non-hydrogen) atoms. The van der Waals surface area contributed by atoms with Gasteiger partial charge in [-0.3, -0.25) is 14.5 Å². The SMILES string of the molecule is CCCC(C)(C)N(C=O)C(=O)c1ccc(C(=O)O)cc1C. The molecule has 0 saturated carbocycles. The molecule has 5 nitrogen and oxygen atoms in total. The zero-order valence-corrected chi connectivity index (χ0v) is 12.8. The fourth-order valence-electron chi connectivity index (χ4n) is 2.36. The zero-order valence-electron chi connectivity index (χ0n) is 12.8. The first-order chi connectivity index (χ1) is 9.74. The van der Waals surface area contributed by atoms with E-state index in [2.05, 4.69) is 0 Å². The van der Waals surface area contributed by atoms with E-state index in [1.54, 1.807) is 6.92 Å². The van der Waals surface area contributed by atoms with Gasteiger partial charge in [0.05, 0.1) is 5.56 Å². The molecule has 0 aromatic heterocycles. The molecule has 2 amide bonds. The Morgan fingerprint density at radius 3 is 2.38 bits per heavy atom. The Morgan fingerprint density at radius 2 is 1.95 bits per heavy atom. The quantitative estimate of drug-likeness (QED) is 0.818. The fraction of sp³-hybridized carbons (Fsp3) is 0.438. The maximum absolute atomic E-state index is 12.5. The maximum Gasteiger partial charge on any atom is 0.335 e. The molecule has 1 aromatic rings. The number of amides is 2. The molecule has 1 N–H and O–H groups in total. The van der Waals surface area contributed by atoms with E-state index in [0.29, 0.717) is 24.0 Å². The number of imide groups is 1. The number of carbonyl (C=O) groups excluding carboxylic acids is 2. The third kappa shape index (κ3) is 3.68. The topological polar surface area (TPSA) is 74.7 Å². The standard InChI is InChI=1S/C16H21NO4/c1-5-8-16(3,4)17(10-18)14(19)13-7-6-12(15(20)21)9-11(13)2/h6-7,9-10H,5,8H2,1-4H3,(H,20,21). The Kier molecular flexibility index (Phi) is 5.24. The van der Waals surface area contributed by atoms with E-state index in [0.717, 1.165) is 6.42 Å². The van der Waals surface area contributed by atoms with E-state index in [1.165, 1.54) is 23.1 Å². The van der Waals surface area contributed by atoms with Crippen LogP contribution in [0.1, 0.15) is 59.9 Å². The van der Waals surface area contributed by atoms with Crippen LogP contribution in [0, 0.1) is 6.92 Å². The minimum atomic E-state index is -1.05. The normalized spacial score (nSPS) is 11.0. The Bertz CT molecular complexity index is 563. The van der Waals surface area contributed by atoms with Gasteiger partial charge in [0.25, 0.3) is 5.91 Å². The van der Waals surface area contributed by atoms with Gasteiger partial charge < -0.3 is 5.11 Å². The fourth-order valence-corrected chi connectivity index (χ4v) is 2.36. The molecule has 0 saturated heterocycles. The number of carboxylic acids is 1. The van der Waals surface area contributed by atoms with Crippen LogP contribution in [-0.2, 0) is 4.79 Å². The first-order valence-corrected chi connectivity index (χ1v) is 6.87. The van der Waals surface area contributed by atoms with Crippen LogP contribution in [0.4, 0.5) is 0 Å². The van der Waals surface area contributed by atoms with Gasteiger partial charge in [0.1, 0.15) is 0 Å². The van der Waals surface area contributed by atoms with Crippen molar-refractivity contribution in [3.8, 4) is 0 Å². The molecule has 1 rings (SSSR count). The molecule has 0 spiro atoms. The molecular formula is C16H21NO4. The highest BCUT2D eigenvalue weighted by Gasteiger charge is 2.31. The maximum atomic E-state index is 12.5. The highest BCUT2D eigenvalue weighted by Crippen LogP contribution is 2.23. The first-order valence-electron chi connectivity index (χ1n) is 6.87. The number of aryl methyl sites for hydroxylation is 1. The number of carboxylic acid groups (broad SMARTS) is 1. The van der Waals surface area contributed by atoms with Crippen LogP contribution in [0.25, 0.3) is 0 Å². The van der Waals surface area contributed by atoms with Crippen LogP contribution in [0.5, 0.6) is 0 Å². The molecule has 0 aliphatic heterocycles. The lowest BCUT2D eigenvalue weighted by Gasteiger charge is -2.34. The Hall–Kier alpha value is -2.17. The molecule has 1 aromatic carbocycles. The molecule has 0 heterocycles. The molecule has 0 atom stereocenters. The molecule has 0 fully saturated rings. The highest BCUT2D eigenvalue weighted by molar-refractivity contribution is 6.02. The molecule has 0 radical (unpaired) electrons. The predicted octanol–water partition coefficient (Wildman–Crippen LogP) is 2.87. The van der Waals surface area contributed by atoms with Crippen LogP contribution in [-0.4, -0.2) is 33.8 Å². The van der Waals surface area contributed by atoms with Crippen LogP contribution in [0.15, 0.2) is 18.2 Å². The summed E-state index contributed by atoms with van der Waals surface area (Å²) in [5.41, 5.74) is 0.427. The third-order valence-corrected chi connectivity index (χ3v) is 3.54. The summed E-state index contributed by atoms with van der Waals surface area (Å²) in [7, 11) is 0. The Morgan fingerprint density at radius 1 is 1.33 bits per heavy atom. The van der Waals surface area contributed by atoms with Crippen molar-refractivity contribution in [2.75, 3.05) is 0 Å². The second-order valence-electron chi connectivity index (χ2n) is 5.68. The lowest BCUT2D eigenvalue weighted by Crippen LogP contribution is -2.47. The summed E-state index contributed by atoms with van der Waals surface area (Å²) >= 11 is 0. The Labute approximate surface area is 124 Å². The molecule has 0 aliphatic carbocycles. The predicted molar refractivity (Wildman–Crippen MR) is 79.4 cm³/mol. The Balaban J connectivity index is 3.17. The summed E-state index contributed by atoms with van der Waals surface area (Å²) in [6.07, 6.45) is 2.09. The monoisotopic (exact) mass is 291 g/mol. The summed E-state index contributed by atoms with van der Waals surface area (Å²) < 4.78 is 0. The average molecular weight is 291 g/mol. The molecular weight excluding hydrogens is 270 g/mol. The van der Waals surface area contributed by atoms with Crippen molar-refractivity contribution in [3.63, 3.8) is 0 Å². The largest absolute Gasteiger partial charge is 0.478 e. The number of carbonyl (C=O) groups is 3. The number of hydrogen-bond acceptors (Lipinski definition) is 3. The van der Waals surface area contributed by atoms with Gasteiger partial charge in [-0.2, -0.15) is 0 Å². The van der Waals surface area contributed by atoms with Crippen LogP contribution >= 0.6 is 0 Å². The van der Waals surface area contributed by atoms with Crippen molar-refractivity contribution in [3.05, 3.63) is 34.9 Å². The van der Waals surface area contributed by atoms with Crippen molar-refractivity contribution in [2.24, 2.45) is 0 Å². The number of hydrogen-bond donors (Lipinski definition) is 1. The van der Waals surface area contributed by atoms with Gasteiger partial charge in [0.15, 0.2) is 0 Å². The van der Waals surface area contributed by atoms with Crippen molar-refractivity contribution in [2.45, 2.75) is 46.1 Å². The van der Waals surface area contributed by atoms with E-state index in [1.807, 2.05) is 20.8 Å². The summed E-state index contributed by atoms with van der Waals surface area (Å²) in [5.74, 6) is -1.45. The van der Waals surface area contributed by atoms with Gasteiger partial charge in [-0.1, -0.05) is 13.3 Å². The minimum absolute atomic E-state index is 0.120. The minimum Gasteiger partial charge on any atom is -0.478 e. The summed E-state index contributed by atoms with van der Waals surface area (Å²) in [4.78, 5) is 36.0. The molecule has 0 unspecified atom stereocenters. The van der Waals surface area contributed by atoms with Crippen LogP contribution < -0.4 is 0 Å². The van der Waals surface area contributed by atoms with Crippen molar-refractivity contribution in [1.29, 1.82) is 0 Å². The van der Waals surface area contributed by atoms with Gasteiger partial charge in [-0.15, -0.1) is 0 Å². The molecule has 0 aliphatic rings. The van der Waals surface area contributed by atoms with Gasteiger partial charge in [-0.25, -0.2) is 4.79 Å². The molecule has 114 valence electrons. The van der Waals surface area contributed by atoms with Gasteiger partial charge in [0.2, 0.25) is 6.41 Å². The van der Waals surface area contributed by atoms with Crippen molar-refractivity contribution < 1.29 is 19.5 Å². The lowest BCUT2D eigenvalue weighted by molar-refractivity contribution is -0.119. The van der Waals surface area contributed by atoms with Gasteiger partial charge in [0, 0.05) is 11.1 Å². The number of aromatic carboxylic acids is 1. The number of rotatable bonds is 6. The number of benzene rings is 1. The van der Waals surface area contributed by atoms with E-state index in [9.17, 15) is 14.4 Å². The lowest BCUT2D eigenvalue weighted by atomic mass is 9.95. The van der Waals surface area contributed by atoms with Crippen molar-refractivity contribution >= 4 is 18.3 Å². The molecule has 5 heteroatoms. The number of nitrogens with zero attached hydrogens (tertiary/aromatic N) is 1. The van der Waals surface area contributed by atoms with Gasteiger partial charge in [-0.05, 0) is 51.0 Å². The molecule has 0 bridgehead atoms. The zero-order chi connectivity index (χ0) is 16.2. The van der Waals surface area contributed by atoms with Crippen LogP contribution in [0.3, 0.4) is 0 Å². The summed E-state index contributed by atoms with van der Waals surface area (Å²) in [6.45, 7) is 7.32. The summed E-state index contributed by atoms with van der Waals surface area (Å²) in [6, 6.07) is 4.27. The van der Waals surface area contributed by atoms with E-state index < -0.39 is 17.4 Å². The van der Waals surface area contributed by atoms with E-state index >= 15 is 0 Å². The van der Waals surface area contributed by atoms with Crippen molar-refractivity contribution in [1.82, 2.24) is 4.90 Å². The van der Waals surface area contributed by atoms with E-state index in [4.69, 9.17) is 5.11 Å². The first kappa shape index (κ1) is 16.9. The second-order valence-corrected chi connectivity index (χ2v) is 5.68. The van der Waals surface area contributed by atoms with E-state index in [-0.39, 0.29) is 5.56 Å². The third-order valence-electron chi connectivity index (χ3n) is 3.54. The highest BCUT2D eigenvalue weighted by atomic mass is 16.4. The average Bonchev–Trinajstić information content (AvgIpc) is 2.38. The van der Waals surface area contributed by atoms with Crippen LogP contribution in [0.2, 0.25) is 0 Å². The smallest absolute Gasteiger partial charge is 0.335 e. The second kappa shape index (κ2) is 6.52.